The molecule has 1 aromatic carbocycles. The highest BCUT2D eigenvalue weighted by atomic mass is 35.5. The summed E-state index contributed by atoms with van der Waals surface area (Å²) in [4.78, 5) is 15.2. The van der Waals surface area contributed by atoms with Crippen LogP contribution in [0.1, 0.15) is 19.4 Å². The summed E-state index contributed by atoms with van der Waals surface area (Å²) in [7, 11) is 0. The van der Waals surface area contributed by atoms with Gasteiger partial charge in [0.15, 0.2) is 5.75 Å². The number of pyridine rings is 1. The molecule has 27 heavy (non-hydrogen) atoms. The second-order valence-corrected chi connectivity index (χ2v) is 7.30. The highest BCUT2D eigenvalue weighted by molar-refractivity contribution is 6.22. The fourth-order valence-electron chi connectivity index (χ4n) is 3.30. The van der Waals surface area contributed by atoms with Gasteiger partial charge in [0.2, 0.25) is 5.56 Å². The number of hydrogen-bond donors (Lipinski definition) is 1. The summed E-state index contributed by atoms with van der Waals surface area (Å²) in [6.45, 7) is 2.60. The van der Waals surface area contributed by atoms with Crippen molar-refractivity contribution in [2.45, 2.75) is 31.4 Å². The van der Waals surface area contributed by atoms with E-state index in [0.717, 1.165) is 0 Å². The SMILES string of the molecule is CC(C)C1COc2c(ccc3[nH]c(=O)cc(C(F)(F)F)c23)N1CC(F)(F)Cl. The van der Waals surface area contributed by atoms with Gasteiger partial charge in [0, 0.05) is 6.07 Å². The van der Waals surface area contributed by atoms with Crippen molar-refractivity contribution in [3.05, 3.63) is 34.1 Å². The standard InChI is InChI=1S/C17H16ClF5N2O2/c1-8(2)12-6-27-15-11(25(12)7-16(18,19)20)4-3-10-14(15)9(17(21,22)23)5-13(26)24-10/h3-5,8,12H,6-7H2,1-2H3,(H,24,26). The van der Waals surface area contributed by atoms with E-state index < -0.39 is 35.3 Å². The zero-order valence-electron chi connectivity index (χ0n) is 14.3. The number of alkyl halides is 6. The minimum absolute atomic E-state index is 0.0744. The van der Waals surface area contributed by atoms with Crippen LogP contribution in [0.3, 0.4) is 0 Å². The summed E-state index contributed by atoms with van der Waals surface area (Å²) in [6.07, 6.45) is -4.82. The van der Waals surface area contributed by atoms with Crippen molar-refractivity contribution in [1.82, 2.24) is 4.98 Å². The first-order valence-corrected chi connectivity index (χ1v) is 8.49. The van der Waals surface area contributed by atoms with Gasteiger partial charge in [-0.3, -0.25) is 4.79 Å². The number of hydrogen-bond acceptors (Lipinski definition) is 3. The lowest BCUT2D eigenvalue weighted by molar-refractivity contribution is -0.136. The predicted octanol–water partition coefficient (Wildman–Crippen LogP) is 4.60. The van der Waals surface area contributed by atoms with Crippen LogP contribution in [0.5, 0.6) is 5.75 Å². The number of rotatable bonds is 3. The van der Waals surface area contributed by atoms with Gasteiger partial charge in [0.25, 0.3) is 0 Å². The third-order valence-electron chi connectivity index (χ3n) is 4.47. The summed E-state index contributed by atoms with van der Waals surface area (Å²) < 4.78 is 73.1. The molecule has 1 aliphatic rings. The van der Waals surface area contributed by atoms with Crippen molar-refractivity contribution in [2.24, 2.45) is 5.92 Å². The highest BCUT2D eigenvalue weighted by Gasteiger charge is 2.40. The zero-order chi connectivity index (χ0) is 20.1. The Hall–Kier alpha value is -2.03. The largest absolute Gasteiger partial charge is 0.489 e. The average molecular weight is 411 g/mol. The van der Waals surface area contributed by atoms with Crippen LogP contribution in [0.4, 0.5) is 27.6 Å². The van der Waals surface area contributed by atoms with Crippen LogP contribution in [0.15, 0.2) is 23.0 Å². The Morgan fingerprint density at radius 3 is 2.52 bits per heavy atom. The van der Waals surface area contributed by atoms with Crippen LogP contribution < -0.4 is 15.2 Å². The van der Waals surface area contributed by atoms with E-state index in [-0.39, 0.29) is 34.9 Å². The number of nitrogens with zero attached hydrogens (tertiary/aromatic N) is 1. The average Bonchev–Trinajstić information content (AvgIpc) is 2.51. The molecule has 0 aliphatic carbocycles. The summed E-state index contributed by atoms with van der Waals surface area (Å²) in [5.41, 5.74) is -2.12. The van der Waals surface area contributed by atoms with Crippen LogP contribution in [0.2, 0.25) is 0 Å². The molecular weight excluding hydrogens is 395 g/mol. The maximum atomic E-state index is 13.5. The number of halogens is 6. The summed E-state index contributed by atoms with van der Waals surface area (Å²) in [6, 6.07) is 2.53. The molecule has 1 aromatic heterocycles. The maximum Gasteiger partial charge on any atom is 0.417 e. The van der Waals surface area contributed by atoms with Crippen molar-refractivity contribution in [1.29, 1.82) is 0 Å². The van der Waals surface area contributed by atoms with Crippen LogP contribution >= 0.6 is 11.6 Å². The van der Waals surface area contributed by atoms with E-state index in [0.29, 0.717) is 6.07 Å². The molecule has 3 rings (SSSR count). The second kappa shape index (κ2) is 6.54. The van der Waals surface area contributed by atoms with Gasteiger partial charge < -0.3 is 14.6 Å². The van der Waals surface area contributed by atoms with Gasteiger partial charge in [0.05, 0.1) is 34.7 Å². The van der Waals surface area contributed by atoms with E-state index in [2.05, 4.69) is 4.98 Å². The Bertz CT molecular complexity index is 920. The number of aromatic amines is 1. The van der Waals surface area contributed by atoms with Gasteiger partial charge in [-0.2, -0.15) is 22.0 Å². The molecule has 1 unspecified atom stereocenters. The smallest absolute Gasteiger partial charge is 0.417 e. The van der Waals surface area contributed by atoms with E-state index in [9.17, 15) is 26.7 Å². The molecule has 1 N–H and O–H groups in total. The Kier molecular flexibility index (Phi) is 4.78. The molecule has 4 nitrogen and oxygen atoms in total. The lowest BCUT2D eigenvalue weighted by atomic mass is 9.98. The van der Waals surface area contributed by atoms with Gasteiger partial charge in [-0.25, -0.2) is 0 Å². The first-order valence-electron chi connectivity index (χ1n) is 8.12. The van der Waals surface area contributed by atoms with Crippen molar-refractivity contribution in [3.63, 3.8) is 0 Å². The van der Waals surface area contributed by atoms with E-state index in [1.165, 1.54) is 17.0 Å². The molecule has 0 saturated carbocycles. The zero-order valence-corrected chi connectivity index (χ0v) is 15.1. The van der Waals surface area contributed by atoms with Crippen LogP contribution in [0, 0.1) is 5.92 Å². The predicted molar refractivity (Wildman–Crippen MR) is 91.8 cm³/mol. The van der Waals surface area contributed by atoms with Gasteiger partial charge >= 0.3 is 11.6 Å². The summed E-state index contributed by atoms with van der Waals surface area (Å²) in [5, 5.41) is -3.95. The number of ether oxygens (including phenoxy) is 1. The Labute approximate surface area is 155 Å². The number of aromatic nitrogens is 1. The minimum Gasteiger partial charge on any atom is -0.489 e. The first-order chi connectivity index (χ1) is 12.4. The van der Waals surface area contributed by atoms with E-state index in [4.69, 9.17) is 16.3 Å². The summed E-state index contributed by atoms with van der Waals surface area (Å²) in [5.74, 6) is -0.320. The Morgan fingerprint density at radius 1 is 1.30 bits per heavy atom. The topological polar surface area (TPSA) is 45.3 Å². The number of nitrogens with one attached hydrogen (secondary N) is 1. The number of fused-ring (bicyclic) bond motifs is 3. The molecule has 1 atom stereocenters. The molecule has 0 amide bonds. The van der Waals surface area contributed by atoms with Gasteiger partial charge in [-0.05, 0) is 29.7 Å². The first kappa shape index (κ1) is 19.7. The van der Waals surface area contributed by atoms with Crippen molar-refractivity contribution in [2.75, 3.05) is 18.1 Å². The van der Waals surface area contributed by atoms with Crippen LogP contribution in [-0.4, -0.2) is 29.6 Å². The van der Waals surface area contributed by atoms with Crippen LogP contribution in [-0.2, 0) is 6.18 Å². The molecule has 10 heteroatoms. The monoisotopic (exact) mass is 410 g/mol. The number of benzene rings is 1. The molecular formula is C17H16ClF5N2O2. The summed E-state index contributed by atoms with van der Waals surface area (Å²) >= 11 is 5.10. The highest BCUT2D eigenvalue weighted by Crippen LogP contribution is 2.46. The van der Waals surface area contributed by atoms with Crippen molar-refractivity contribution < 1.29 is 26.7 Å². The van der Waals surface area contributed by atoms with E-state index in [1.54, 1.807) is 13.8 Å². The molecule has 0 radical (unpaired) electrons. The maximum absolute atomic E-state index is 13.5. The molecule has 148 valence electrons. The second-order valence-electron chi connectivity index (χ2n) is 6.75. The van der Waals surface area contributed by atoms with Crippen molar-refractivity contribution in [3.8, 4) is 5.75 Å². The molecule has 2 heterocycles. The molecule has 0 bridgehead atoms. The van der Waals surface area contributed by atoms with Crippen LogP contribution in [0.25, 0.3) is 10.9 Å². The lowest BCUT2D eigenvalue weighted by Crippen LogP contribution is -2.50. The van der Waals surface area contributed by atoms with E-state index >= 15 is 0 Å². The Balaban J connectivity index is 2.29. The van der Waals surface area contributed by atoms with E-state index in [1.807, 2.05) is 0 Å². The third kappa shape index (κ3) is 3.83. The number of anilines is 1. The van der Waals surface area contributed by atoms with Gasteiger partial charge in [-0.1, -0.05) is 13.8 Å². The third-order valence-corrected chi connectivity index (χ3v) is 4.59. The lowest BCUT2D eigenvalue weighted by Gasteiger charge is -2.41. The fourth-order valence-corrected chi connectivity index (χ4v) is 3.43. The normalized spacial score (nSPS) is 18.0. The quantitative estimate of drug-likeness (QED) is 0.594. The molecule has 0 saturated heterocycles. The molecule has 2 aromatic rings. The van der Waals surface area contributed by atoms with Crippen molar-refractivity contribution >= 4 is 28.2 Å². The number of H-pyrrole nitrogens is 1. The molecule has 0 fully saturated rings. The molecule has 1 aliphatic heterocycles. The fraction of sp³-hybridized carbons (Fsp3) is 0.471. The molecule has 0 spiro atoms. The minimum atomic E-state index is -4.82. The van der Waals surface area contributed by atoms with Gasteiger partial charge in [0.1, 0.15) is 6.61 Å². The Morgan fingerprint density at radius 2 is 1.96 bits per heavy atom. The van der Waals surface area contributed by atoms with Gasteiger partial charge in [-0.15, -0.1) is 0 Å².